The molecule has 1 aromatic carbocycles. The first-order chi connectivity index (χ1) is 12.5. The summed E-state index contributed by atoms with van der Waals surface area (Å²) in [4.78, 5) is 11.5. The quantitative estimate of drug-likeness (QED) is 0.685. The molecule has 0 fully saturated rings. The summed E-state index contributed by atoms with van der Waals surface area (Å²) in [5.41, 5.74) is 2.40. The zero-order valence-electron chi connectivity index (χ0n) is 14.9. The van der Waals surface area contributed by atoms with Gasteiger partial charge in [-0.1, -0.05) is 6.92 Å². The van der Waals surface area contributed by atoms with Crippen molar-refractivity contribution in [2.75, 3.05) is 7.11 Å². The lowest BCUT2D eigenvalue weighted by molar-refractivity contribution is -0.132. The smallest absolute Gasteiger partial charge is 0.331 e. The summed E-state index contributed by atoms with van der Waals surface area (Å²) < 4.78 is 22.3. The molecule has 0 saturated carbocycles. The van der Waals surface area contributed by atoms with Crippen LogP contribution in [-0.2, 0) is 23.2 Å². The summed E-state index contributed by atoms with van der Waals surface area (Å²) in [5, 5.41) is 14.7. The molecule has 0 bridgehead atoms. The van der Waals surface area contributed by atoms with E-state index in [9.17, 15) is 14.3 Å². The average Bonchev–Trinajstić information content (AvgIpc) is 3.12. The largest absolute Gasteiger partial charge is 0.478 e. The van der Waals surface area contributed by atoms with Crippen molar-refractivity contribution in [2.45, 2.75) is 20.0 Å². The lowest BCUT2D eigenvalue weighted by Gasteiger charge is -2.09. The van der Waals surface area contributed by atoms with Crippen LogP contribution >= 0.6 is 0 Å². The van der Waals surface area contributed by atoms with Crippen molar-refractivity contribution in [3.63, 3.8) is 0 Å². The normalized spacial score (nSPS) is 12.1. The molecule has 3 rings (SSSR count). The van der Waals surface area contributed by atoms with Gasteiger partial charge in [-0.15, -0.1) is 0 Å². The molecule has 2 aromatic heterocycles. The van der Waals surface area contributed by atoms with E-state index < -0.39 is 5.97 Å². The summed E-state index contributed by atoms with van der Waals surface area (Å²) in [7, 11) is 3.35. The Hall–Kier alpha value is -2.93. The van der Waals surface area contributed by atoms with Gasteiger partial charge in [0.2, 0.25) is 0 Å². The van der Waals surface area contributed by atoms with Crippen molar-refractivity contribution in [1.82, 2.24) is 14.3 Å². The number of ether oxygens (including phenoxy) is 1. The predicted molar refractivity (Wildman–Crippen MR) is 96.6 cm³/mol. The molecule has 0 atom stereocenters. The average molecular weight is 357 g/mol. The van der Waals surface area contributed by atoms with Crippen LogP contribution in [0, 0.1) is 5.82 Å². The summed E-state index contributed by atoms with van der Waals surface area (Å²) >= 11 is 0. The fourth-order valence-corrected chi connectivity index (χ4v) is 3.05. The first-order valence-corrected chi connectivity index (χ1v) is 8.22. The van der Waals surface area contributed by atoms with Crippen LogP contribution in [0.2, 0.25) is 0 Å². The van der Waals surface area contributed by atoms with E-state index in [4.69, 9.17) is 4.74 Å². The van der Waals surface area contributed by atoms with E-state index in [2.05, 4.69) is 5.10 Å². The highest BCUT2D eigenvalue weighted by Gasteiger charge is 2.19. The first-order valence-electron chi connectivity index (χ1n) is 8.22. The monoisotopic (exact) mass is 357 g/mol. The Morgan fingerprint density at radius 3 is 2.81 bits per heavy atom. The maximum Gasteiger partial charge on any atom is 0.331 e. The lowest BCUT2D eigenvalue weighted by Crippen LogP contribution is -2.04. The van der Waals surface area contributed by atoms with Gasteiger partial charge in [-0.05, 0) is 36.8 Å². The second-order valence-electron chi connectivity index (χ2n) is 5.96. The zero-order valence-corrected chi connectivity index (χ0v) is 14.9. The summed E-state index contributed by atoms with van der Waals surface area (Å²) in [6.45, 7) is 2.05. The van der Waals surface area contributed by atoms with E-state index in [0.29, 0.717) is 23.5 Å². The van der Waals surface area contributed by atoms with Crippen molar-refractivity contribution in [3.8, 4) is 5.82 Å². The number of hydrogen-bond acceptors (Lipinski definition) is 3. The summed E-state index contributed by atoms with van der Waals surface area (Å²) in [5.74, 6) is -0.574. The topological polar surface area (TPSA) is 69.3 Å². The molecule has 0 unspecified atom stereocenters. The standard InChI is InChI=1S/C19H20FN3O3/c1-4-12(19(24)25)10-15-16(11-26-3)21-22(2)18(15)23-8-7-13-9-14(20)5-6-17(13)23/h5-10H,4,11H2,1-3H3,(H,24,25)/b12-10+. The summed E-state index contributed by atoms with van der Waals surface area (Å²) in [6.07, 6.45) is 3.84. The molecule has 7 heteroatoms. The molecular formula is C19H20FN3O3. The van der Waals surface area contributed by atoms with Gasteiger partial charge in [0, 0.05) is 36.9 Å². The third-order valence-corrected chi connectivity index (χ3v) is 4.26. The number of aryl methyl sites for hydroxylation is 1. The SMILES string of the molecule is CC/C(=C\c1c(COC)nn(C)c1-n1ccc2cc(F)ccc21)C(=O)O. The first kappa shape index (κ1) is 17.9. The fraction of sp³-hybridized carbons (Fsp3) is 0.263. The van der Waals surface area contributed by atoms with E-state index in [1.807, 2.05) is 16.8 Å². The Morgan fingerprint density at radius 2 is 2.15 bits per heavy atom. The van der Waals surface area contributed by atoms with Gasteiger partial charge in [0.25, 0.3) is 0 Å². The molecule has 0 aliphatic rings. The van der Waals surface area contributed by atoms with Crippen molar-refractivity contribution < 1.29 is 19.0 Å². The predicted octanol–water partition coefficient (Wildman–Crippen LogP) is 3.53. The number of fused-ring (bicyclic) bond motifs is 1. The van der Waals surface area contributed by atoms with E-state index >= 15 is 0 Å². The Morgan fingerprint density at radius 1 is 1.38 bits per heavy atom. The number of carbonyl (C=O) groups is 1. The van der Waals surface area contributed by atoms with Gasteiger partial charge in [-0.2, -0.15) is 5.10 Å². The van der Waals surface area contributed by atoms with E-state index in [-0.39, 0.29) is 18.0 Å². The number of nitrogens with zero attached hydrogens (tertiary/aromatic N) is 3. The van der Waals surface area contributed by atoms with Crippen LogP contribution in [0.3, 0.4) is 0 Å². The number of halogens is 1. The minimum absolute atomic E-state index is 0.254. The van der Waals surface area contributed by atoms with Crippen LogP contribution in [0.5, 0.6) is 0 Å². The number of aromatic nitrogens is 3. The van der Waals surface area contributed by atoms with E-state index in [1.54, 1.807) is 37.9 Å². The minimum Gasteiger partial charge on any atom is -0.478 e. The number of carboxylic acid groups (broad SMARTS) is 1. The van der Waals surface area contributed by atoms with Gasteiger partial charge in [0.15, 0.2) is 0 Å². The maximum absolute atomic E-state index is 13.5. The third-order valence-electron chi connectivity index (χ3n) is 4.26. The van der Waals surface area contributed by atoms with Crippen LogP contribution in [0.25, 0.3) is 22.8 Å². The number of hydrogen-bond donors (Lipinski definition) is 1. The Labute approximate surface area is 150 Å². The number of aliphatic carboxylic acids is 1. The van der Waals surface area contributed by atoms with Crippen LogP contribution in [-0.4, -0.2) is 32.5 Å². The van der Waals surface area contributed by atoms with Crippen LogP contribution < -0.4 is 0 Å². The molecule has 0 spiro atoms. The highest BCUT2D eigenvalue weighted by atomic mass is 19.1. The van der Waals surface area contributed by atoms with Crippen LogP contribution in [0.1, 0.15) is 24.6 Å². The molecule has 26 heavy (non-hydrogen) atoms. The minimum atomic E-state index is -0.967. The number of benzene rings is 1. The van der Waals surface area contributed by atoms with Gasteiger partial charge in [-0.25, -0.2) is 9.18 Å². The molecule has 6 nitrogen and oxygen atoms in total. The lowest BCUT2D eigenvalue weighted by atomic mass is 10.1. The molecule has 0 saturated heterocycles. The Bertz CT molecular complexity index is 1000. The zero-order chi connectivity index (χ0) is 18.8. The van der Waals surface area contributed by atoms with Gasteiger partial charge in [-0.3, -0.25) is 4.68 Å². The van der Waals surface area contributed by atoms with Gasteiger partial charge < -0.3 is 14.4 Å². The second-order valence-corrected chi connectivity index (χ2v) is 5.96. The van der Waals surface area contributed by atoms with Crippen LogP contribution in [0.15, 0.2) is 36.0 Å². The third kappa shape index (κ3) is 3.13. The van der Waals surface area contributed by atoms with Crippen molar-refractivity contribution in [1.29, 1.82) is 0 Å². The Kier molecular flexibility index (Phi) is 4.90. The molecule has 2 heterocycles. The molecule has 3 aromatic rings. The fourth-order valence-electron chi connectivity index (χ4n) is 3.05. The second kappa shape index (κ2) is 7.13. The molecule has 1 N–H and O–H groups in total. The van der Waals surface area contributed by atoms with Crippen molar-refractivity contribution >= 4 is 22.9 Å². The Balaban J connectivity index is 2.27. The van der Waals surface area contributed by atoms with Gasteiger partial charge in [0.05, 0.1) is 17.8 Å². The van der Waals surface area contributed by atoms with Crippen molar-refractivity contribution in [2.24, 2.45) is 7.05 Å². The van der Waals surface area contributed by atoms with Crippen molar-refractivity contribution in [3.05, 3.63) is 53.1 Å². The number of carboxylic acids is 1. The van der Waals surface area contributed by atoms with E-state index in [1.165, 1.54) is 12.1 Å². The molecule has 0 aliphatic heterocycles. The highest BCUT2D eigenvalue weighted by molar-refractivity contribution is 5.93. The molecule has 0 aliphatic carbocycles. The van der Waals surface area contributed by atoms with Gasteiger partial charge >= 0.3 is 5.97 Å². The van der Waals surface area contributed by atoms with Crippen LogP contribution in [0.4, 0.5) is 4.39 Å². The maximum atomic E-state index is 13.5. The number of rotatable bonds is 6. The summed E-state index contributed by atoms with van der Waals surface area (Å²) in [6, 6.07) is 6.36. The highest BCUT2D eigenvalue weighted by Crippen LogP contribution is 2.28. The molecule has 136 valence electrons. The van der Waals surface area contributed by atoms with E-state index in [0.717, 1.165) is 10.9 Å². The molecule has 0 amide bonds. The molecular weight excluding hydrogens is 337 g/mol. The van der Waals surface area contributed by atoms with Gasteiger partial charge in [0.1, 0.15) is 11.6 Å². The number of methoxy groups -OCH3 is 1. The molecule has 0 radical (unpaired) electrons.